The number of hydrogen-bond donors (Lipinski definition) is 2. The van der Waals surface area contributed by atoms with Crippen LogP contribution < -0.4 is 11.1 Å². The Balaban J connectivity index is 2.60. The third kappa shape index (κ3) is 4.34. The molecule has 3 N–H and O–H groups in total. The minimum atomic E-state index is -0.293. The molecule has 0 saturated carbocycles. The van der Waals surface area contributed by atoms with Gasteiger partial charge in [-0.2, -0.15) is 0 Å². The molecule has 0 heterocycles. The number of nitrogens with two attached hydrogens (primary N) is 1. The van der Waals surface area contributed by atoms with Crippen LogP contribution in [0.2, 0.25) is 0 Å². The summed E-state index contributed by atoms with van der Waals surface area (Å²) in [5.41, 5.74) is 7.19. The Morgan fingerprint density at radius 1 is 1.38 bits per heavy atom. The van der Waals surface area contributed by atoms with Crippen LogP contribution in [0.1, 0.15) is 25.8 Å². The zero-order valence-electron chi connectivity index (χ0n) is 9.99. The molecule has 0 fully saturated rings. The Kier molecular flexibility index (Phi) is 4.83. The van der Waals surface area contributed by atoms with E-state index in [0.717, 1.165) is 24.2 Å². The Morgan fingerprint density at radius 2 is 2.06 bits per heavy atom. The highest BCUT2D eigenvalue weighted by atomic mass is 16.1. The van der Waals surface area contributed by atoms with Gasteiger partial charge in [0.1, 0.15) is 0 Å². The van der Waals surface area contributed by atoms with Gasteiger partial charge in [0, 0.05) is 12.2 Å². The van der Waals surface area contributed by atoms with Crippen molar-refractivity contribution in [2.24, 2.45) is 11.7 Å². The third-order valence-corrected chi connectivity index (χ3v) is 2.42. The van der Waals surface area contributed by atoms with Crippen LogP contribution >= 0.6 is 0 Å². The van der Waals surface area contributed by atoms with E-state index in [1.807, 2.05) is 24.3 Å². The van der Waals surface area contributed by atoms with Gasteiger partial charge in [-0.1, -0.05) is 32.0 Å². The molecule has 1 amide bonds. The molecule has 0 aliphatic heterocycles. The van der Waals surface area contributed by atoms with Gasteiger partial charge in [-0.05, 0) is 24.0 Å². The van der Waals surface area contributed by atoms with E-state index in [4.69, 9.17) is 5.73 Å². The maximum Gasteiger partial charge on any atom is 0.221 e. The summed E-state index contributed by atoms with van der Waals surface area (Å²) >= 11 is 0. The van der Waals surface area contributed by atoms with Crippen LogP contribution in [0.5, 0.6) is 0 Å². The maximum absolute atomic E-state index is 10.9. The lowest BCUT2D eigenvalue weighted by Crippen LogP contribution is -2.15. The topological polar surface area (TPSA) is 55.1 Å². The van der Waals surface area contributed by atoms with Crippen molar-refractivity contribution in [1.82, 2.24) is 0 Å². The highest BCUT2D eigenvalue weighted by Crippen LogP contribution is 2.15. The molecule has 1 aromatic rings. The number of para-hydroxylation sites is 1. The minimum absolute atomic E-state index is 0.293. The number of benzene rings is 1. The third-order valence-electron chi connectivity index (χ3n) is 2.42. The fourth-order valence-electron chi connectivity index (χ4n) is 1.53. The van der Waals surface area contributed by atoms with Gasteiger partial charge in [-0.3, -0.25) is 4.79 Å². The SMILES string of the molecule is CC(C)CCNc1ccccc1CC(N)=O. The molecule has 0 aliphatic rings. The maximum atomic E-state index is 10.9. The first kappa shape index (κ1) is 12.6. The predicted molar refractivity (Wildman–Crippen MR) is 67.3 cm³/mol. The fourth-order valence-corrected chi connectivity index (χ4v) is 1.53. The molecule has 0 aliphatic carbocycles. The average molecular weight is 220 g/mol. The van der Waals surface area contributed by atoms with E-state index >= 15 is 0 Å². The summed E-state index contributed by atoms with van der Waals surface area (Å²) in [6.45, 7) is 5.31. The summed E-state index contributed by atoms with van der Waals surface area (Å²) in [6, 6.07) is 7.80. The van der Waals surface area contributed by atoms with Gasteiger partial charge in [-0.25, -0.2) is 0 Å². The summed E-state index contributed by atoms with van der Waals surface area (Å²) in [6.07, 6.45) is 1.41. The second-order valence-corrected chi connectivity index (χ2v) is 4.41. The number of anilines is 1. The van der Waals surface area contributed by atoms with Crippen LogP contribution in [-0.2, 0) is 11.2 Å². The molecule has 0 atom stereocenters. The zero-order valence-corrected chi connectivity index (χ0v) is 9.99. The number of carbonyl (C=O) groups excluding carboxylic acids is 1. The Bertz CT molecular complexity index is 348. The van der Waals surface area contributed by atoms with Crippen molar-refractivity contribution in [2.75, 3.05) is 11.9 Å². The fraction of sp³-hybridized carbons (Fsp3) is 0.462. The molecular weight excluding hydrogens is 200 g/mol. The van der Waals surface area contributed by atoms with Crippen LogP contribution in [0.25, 0.3) is 0 Å². The molecule has 0 saturated heterocycles. The van der Waals surface area contributed by atoms with E-state index in [0.29, 0.717) is 12.3 Å². The smallest absolute Gasteiger partial charge is 0.221 e. The Hall–Kier alpha value is -1.51. The molecular formula is C13H20N2O. The van der Waals surface area contributed by atoms with E-state index in [1.54, 1.807) is 0 Å². The second kappa shape index (κ2) is 6.16. The largest absolute Gasteiger partial charge is 0.385 e. The van der Waals surface area contributed by atoms with E-state index in [2.05, 4.69) is 19.2 Å². The molecule has 88 valence electrons. The molecule has 0 bridgehead atoms. The van der Waals surface area contributed by atoms with Gasteiger partial charge in [-0.15, -0.1) is 0 Å². The van der Waals surface area contributed by atoms with Gasteiger partial charge < -0.3 is 11.1 Å². The second-order valence-electron chi connectivity index (χ2n) is 4.41. The normalized spacial score (nSPS) is 10.4. The van der Waals surface area contributed by atoms with Crippen LogP contribution in [0.3, 0.4) is 0 Å². The van der Waals surface area contributed by atoms with Crippen LogP contribution in [0.4, 0.5) is 5.69 Å². The lowest BCUT2D eigenvalue weighted by Gasteiger charge is -2.12. The number of hydrogen-bond acceptors (Lipinski definition) is 2. The summed E-state index contributed by atoms with van der Waals surface area (Å²) < 4.78 is 0. The molecule has 3 nitrogen and oxygen atoms in total. The summed E-state index contributed by atoms with van der Waals surface area (Å²) in [5, 5.41) is 3.34. The van der Waals surface area contributed by atoms with Gasteiger partial charge in [0.15, 0.2) is 0 Å². The van der Waals surface area contributed by atoms with Crippen molar-refractivity contribution in [1.29, 1.82) is 0 Å². The highest BCUT2D eigenvalue weighted by Gasteiger charge is 2.04. The minimum Gasteiger partial charge on any atom is -0.385 e. The van der Waals surface area contributed by atoms with Crippen molar-refractivity contribution in [3.63, 3.8) is 0 Å². The monoisotopic (exact) mass is 220 g/mol. The molecule has 0 unspecified atom stereocenters. The van der Waals surface area contributed by atoms with Gasteiger partial charge >= 0.3 is 0 Å². The standard InChI is InChI=1S/C13H20N2O/c1-10(2)7-8-15-12-6-4-3-5-11(12)9-13(14)16/h3-6,10,15H,7-9H2,1-2H3,(H2,14,16). The van der Waals surface area contributed by atoms with E-state index in [-0.39, 0.29) is 5.91 Å². The number of rotatable bonds is 6. The number of nitrogens with one attached hydrogen (secondary N) is 1. The Labute approximate surface area is 97.0 Å². The quantitative estimate of drug-likeness (QED) is 0.772. The van der Waals surface area contributed by atoms with Gasteiger partial charge in [0.25, 0.3) is 0 Å². The van der Waals surface area contributed by atoms with Crippen molar-refractivity contribution >= 4 is 11.6 Å². The zero-order chi connectivity index (χ0) is 12.0. The van der Waals surface area contributed by atoms with Crippen molar-refractivity contribution in [2.45, 2.75) is 26.7 Å². The van der Waals surface area contributed by atoms with Crippen LogP contribution in [0, 0.1) is 5.92 Å². The average Bonchev–Trinajstić information content (AvgIpc) is 2.19. The number of primary amides is 1. The van der Waals surface area contributed by atoms with E-state index in [1.165, 1.54) is 0 Å². The van der Waals surface area contributed by atoms with E-state index in [9.17, 15) is 4.79 Å². The molecule has 3 heteroatoms. The van der Waals surface area contributed by atoms with Gasteiger partial charge in [0.2, 0.25) is 5.91 Å². The van der Waals surface area contributed by atoms with Crippen molar-refractivity contribution in [3.8, 4) is 0 Å². The first-order valence-electron chi connectivity index (χ1n) is 5.69. The first-order valence-corrected chi connectivity index (χ1v) is 5.69. The van der Waals surface area contributed by atoms with Gasteiger partial charge in [0.05, 0.1) is 6.42 Å². The Morgan fingerprint density at radius 3 is 2.69 bits per heavy atom. The molecule has 1 aromatic carbocycles. The lowest BCUT2D eigenvalue weighted by atomic mass is 10.1. The highest BCUT2D eigenvalue weighted by molar-refractivity contribution is 5.78. The molecule has 16 heavy (non-hydrogen) atoms. The van der Waals surface area contributed by atoms with Crippen LogP contribution in [0.15, 0.2) is 24.3 Å². The van der Waals surface area contributed by atoms with E-state index < -0.39 is 0 Å². The predicted octanol–water partition coefficient (Wildman–Crippen LogP) is 2.17. The van der Waals surface area contributed by atoms with Crippen molar-refractivity contribution < 1.29 is 4.79 Å². The van der Waals surface area contributed by atoms with Crippen LogP contribution in [-0.4, -0.2) is 12.5 Å². The molecule has 0 spiro atoms. The number of amides is 1. The number of carbonyl (C=O) groups is 1. The molecule has 1 rings (SSSR count). The molecule has 0 radical (unpaired) electrons. The lowest BCUT2D eigenvalue weighted by molar-refractivity contribution is -0.117. The summed E-state index contributed by atoms with van der Waals surface area (Å²) in [7, 11) is 0. The first-order chi connectivity index (χ1) is 7.59. The summed E-state index contributed by atoms with van der Waals surface area (Å²) in [4.78, 5) is 10.9. The molecule has 0 aromatic heterocycles. The summed E-state index contributed by atoms with van der Waals surface area (Å²) in [5.74, 6) is 0.383. The van der Waals surface area contributed by atoms with Crippen molar-refractivity contribution in [3.05, 3.63) is 29.8 Å².